The number of halogens is 4. The Labute approximate surface area is 163 Å². The van der Waals surface area contributed by atoms with Crippen LogP contribution in [0, 0.1) is 0 Å². The van der Waals surface area contributed by atoms with Gasteiger partial charge in [0, 0.05) is 24.2 Å². The molecule has 0 bridgehead atoms. The maximum atomic E-state index is 12.6. The van der Waals surface area contributed by atoms with Crippen LogP contribution in [0.3, 0.4) is 0 Å². The van der Waals surface area contributed by atoms with E-state index in [9.17, 15) is 18.0 Å². The van der Waals surface area contributed by atoms with Crippen LogP contribution in [0.2, 0.25) is 5.02 Å². The van der Waals surface area contributed by atoms with Gasteiger partial charge in [-0.1, -0.05) is 17.7 Å². The molecular formula is C20H12ClF3N2O2. The number of allylic oxidation sites excluding steroid dienone is 1. The van der Waals surface area contributed by atoms with E-state index in [2.05, 4.69) is 9.97 Å². The lowest BCUT2D eigenvalue weighted by molar-refractivity contribution is -0.137. The number of aromatic nitrogens is 2. The van der Waals surface area contributed by atoms with Crippen LogP contribution in [0.25, 0.3) is 6.08 Å². The number of carbonyl (C=O) groups excluding carboxylic acids is 1. The van der Waals surface area contributed by atoms with Gasteiger partial charge >= 0.3 is 6.18 Å². The minimum atomic E-state index is -4.54. The summed E-state index contributed by atoms with van der Waals surface area (Å²) in [6.07, 6.45) is 2.44. The largest absolute Gasteiger partial charge is 0.438 e. The summed E-state index contributed by atoms with van der Waals surface area (Å²) < 4.78 is 43.3. The Morgan fingerprint density at radius 3 is 2.36 bits per heavy atom. The Balaban J connectivity index is 1.69. The highest BCUT2D eigenvalue weighted by Gasteiger charge is 2.31. The highest BCUT2D eigenvalue weighted by atomic mass is 35.5. The molecule has 8 heteroatoms. The van der Waals surface area contributed by atoms with Gasteiger partial charge in [0.2, 0.25) is 5.88 Å². The number of hydrogen-bond donors (Lipinski definition) is 0. The molecule has 0 radical (unpaired) electrons. The topological polar surface area (TPSA) is 52.1 Å². The monoisotopic (exact) mass is 404 g/mol. The van der Waals surface area contributed by atoms with E-state index >= 15 is 0 Å². The Kier molecular flexibility index (Phi) is 5.75. The molecule has 0 unspecified atom stereocenters. The van der Waals surface area contributed by atoms with Crippen molar-refractivity contribution in [3.8, 4) is 11.6 Å². The van der Waals surface area contributed by atoms with E-state index in [4.69, 9.17) is 16.3 Å². The zero-order valence-corrected chi connectivity index (χ0v) is 14.9. The fourth-order valence-electron chi connectivity index (χ4n) is 2.20. The molecule has 142 valence electrons. The fourth-order valence-corrected chi connectivity index (χ4v) is 2.40. The minimum Gasteiger partial charge on any atom is -0.438 e. The lowest BCUT2D eigenvalue weighted by Crippen LogP contribution is -2.05. The summed E-state index contributed by atoms with van der Waals surface area (Å²) in [6, 6.07) is 10.3. The second-order valence-electron chi connectivity index (χ2n) is 5.61. The van der Waals surface area contributed by atoms with E-state index < -0.39 is 11.7 Å². The molecule has 1 aromatic carbocycles. The Morgan fingerprint density at radius 1 is 1.07 bits per heavy atom. The molecule has 0 aliphatic heterocycles. The predicted molar refractivity (Wildman–Crippen MR) is 98.4 cm³/mol. The van der Waals surface area contributed by atoms with E-state index in [0.29, 0.717) is 11.8 Å². The molecule has 0 spiro atoms. The molecule has 2 aromatic heterocycles. The standard InChI is InChI=1S/C20H12ClF3N2O2/c21-17-11-15(20(22,23)24)12-26-19(17)28-16-4-2-14(3-5-16)18(27)6-1-13-7-9-25-10-8-13/h1-12H/b6-1+. The molecule has 0 aliphatic carbocycles. The smallest absolute Gasteiger partial charge is 0.417 e. The second-order valence-corrected chi connectivity index (χ2v) is 6.02. The third-order valence-corrected chi connectivity index (χ3v) is 3.89. The molecule has 4 nitrogen and oxygen atoms in total. The van der Waals surface area contributed by atoms with Gasteiger partial charge in [0.1, 0.15) is 10.8 Å². The average molecular weight is 405 g/mol. The molecular weight excluding hydrogens is 393 g/mol. The summed E-state index contributed by atoms with van der Waals surface area (Å²) in [6.45, 7) is 0. The van der Waals surface area contributed by atoms with Crippen molar-refractivity contribution in [2.45, 2.75) is 6.18 Å². The average Bonchev–Trinajstić information content (AvgIpc) is 2.68. The Morgan fingerprint density at radius 2 is 1.75 bits per heavy atom. The van der Waals surface area contributed by atoms with Crippen molar-refractivity contribution in [1.82, 2.24) is 9.97 Å². The van der Waals surface area contributed by atoms with E-state index in [-0.39, 0.29) is 22.4 Å². The lowest BCUT2D eigenvalue weighted by Gasteiger charge is -2.10. The quantitative estimate of drug-likeness (QED) is 0.396. The van der Waals surface area contributed by atoms with Gasteiger partial charge < -0.3 is 4.74 Å². The number of benzene rings is 1. The van der Waals surface area contributed by atoms with Gasteiger partial charge in [-0.15, -0.1) is 0 Å². The van der Waals surface area contributed by atoms with Crippen LogP contribution >= 0.6 is 11.6 Å². The van der Waals surface area contributed by atoms with E-state index in [1.807, 2.05) is 0 Å². The number of nitrogens with zero attached hydrogens (tertiary/aromatic N) is 2. The van der Waals surface area contributed by atoms with Gasteiger partial charge in [0.15, 0.2) is 5.78 Å². The zero-order chi connectivity index (χ0) is 20.1. The molecule has 0 amide bonds. The van der Waals surface area contributed by atoms with Crippen molar-refractivity contribution in [3.63, 3.8) is 0 Å². The SMILES string of the molecule is O=C(/C=C/c1ccncc1)c1ccc(Oc2ncc(C(F)(F)F)cc2Cl)cc1. The molecule has 3 aromatic rings. The number of carbonyl (C=O) groups is 1. The van der Waals surface area contributed by atoms with Crippen molar-refractivity contribution in [2.75, 3.05) is 0 Å². The molecule has 0 N–H and O–H groups in total. The summed E-state index contributed by atoms with van der Waals surface area (Å²) in [4.78, 5) is 19.7. The first kappa shape index (κ1) is 19.6. The van der Waals surface area contributed by atoms with Crippen LogP contribution < -0.4 is 4.74 Å². The van der Waals surface area contributed by atoms with Crippen LogP contribution in [0.15, 0.2) is 67.1 Å². The van der Waals surface area contributed by atoms with Gasteiger partial charge in [-0.05, 0) is 54.1 Å². The zero-order valence-electron chi connectivity index (χ0n) is 14.2. The van der Waals surface area contributed by atoms with E-state index in [1.54, 1.807) is 30.6 Å². The molecule has 0 saturated carbocycles. The van der Waals surface area contributed by atoms with Gasteiger partial charge in [-0.3, -0.25) is 9.78 Å². The minimum absolute atomic E-state index is 0.161. The first-order valence-electron chi connectivity index (χ1n) is 7.96. The van der Waals surface area contributed by atoms with Gasteiger partial charge in [0.05, 0.1) is 5.56 Å². The highest BCUT2D eigenvalue weighted by molar-refractivity contribution is 6.31. The third-order valence-electron chi connectivity index (χ3n) is 3.62. The van der Waals surface area contributed by atoms with Crippen molar-refractivity contribution < 1.29 is 22.7 Å². The number of pyridine rings is 2. The summed E-state index contributed by atoms with van der Waals surface area (Å²) in [7, 11) is 0. The molecule has 0 fully saturated rings. The predicted octanol–water partition coefficient (Wildman–Crippen LogP) is 5.84. The van der Waals surface area contributed by atoms with Crippen LogP contribution in [-0.2, 0) is 6.18 Å². The molecule has 0 aliphatic rings. The lowest BCUT2D eigenvalue weighted by atomic mass is 10.1. The van der Waals surface area contributed by atoms with E-state index in [1.165, 1.54) is 30.3 Å². The number of hydrogen-bond acceptors (Lipinski definition) is 4. The summed E-state index contributed by atoms with van der Waals surface area (Å²) in [5.41, 5.74) is 0.294. The second kappa shape index (κ2) is 8.22. The number of ether oxygens (including phenoxy) is 1. The summed E-state index contributed by atoms with van der Waals surface area (Å²) >= 11 is 5.81. The first-order valence-corrected chi connectivity index (χ1v) is 8.34. The van der Waals surface area contributed by atoms with Crippen molar-refractivity contribution in [3.05, 3.63) is 88.8 Å². The van der Waals surface area contributed by atoms with Crippen molar-refractivity contribution >= 4 is 23.5 Å². The number of ketones is 1. The number of rotatable bonds is 5. The van der Waals surface area contributed by atoms with Crippen molar-refractivity contribution in [2.24, 2.45) is 0 Å². The Hall–Kier alpha value is -3.19. The molecule has 3 rings (SSSR count). The maximum Gasteiger partial charge on any atom is 0.417 e. The molecule has 28 heavy (non-hydrogen) atoms. The Bertz CT molecular complexity index is 1000. The fraction of sp³-hybridized carbons (Fsp3) is 0.0500. The van der Waals surface area contributed by atoms with Crippen LogP contribution in [-0.4, -0.2) is 15.8 Å². The third kappa shape index (κ3) is 4.95. The highest BCUT2D eigenvalue weighted by Crippen LogP contribution is 2.34. The normalized spacial score (nSPS) is 11.6. The van der Waals surface area contributed by atoms with Crippen LogP contribution in [0.1, 0.15) is 21.5 Å². The number of alkyl halides is 3. The van der Waals surface area contributed by atoms with Gasteiger partial charge in [-0.2, -0.15) is 13.2 Å². The van der Waals surface area contributed by atoms with E-state index in [0.717, 1.165) is 11.6 Å². The summed E-state index contributed by atoms with van der Waals surface area (Å²) in [5.74, 6) is -0.0933. The van der Waals surface area contributed by atoms with Gasteiger partial charge in [-0.25, -0.2) is 4.98 Å². The van der Waals surface area contributed by atoms with Gasteiger partial charge in [0.25, 0.3) is 0 Å². The van der Waals surface area contributed by atoms with Crippen LogP contribution in [0.4, 0.5) is 13.2 Å². The molecule has 0 saturated heterocycles. The maximum absolute atomic E-state index is 12.6. The molecule has 0 atom stereocenters. The molecule has 2 heterocycles. The van der Waals surface area contributed by atoms with Crippen LogP contribution in [0.5, 0.6) is 11.6 Å². The summed E-state index contributed by atoms with van der Waals surface area (Å²) in [5, 5.41) is -0.268. The van der Waals surface area contributed by atoms with Crippen molar-refractivity contribution in [1.29, 1.82) is 0 Å². The first-order chi connectivity index (χ1) is 13.3.